The number of rotatable bonds is 6. The molecule has 0 bridgehead atoms. The van der Waals surface area contributed by atoms with E-state index in [1.165, 1.54) is 0 Å². The molecule has 0 spiro atoms. The molecule has 2 aromatic rings. The van der Waals surface area contributed by atoms with E-state index in [9.17, 15) is 8.42 Å². The summed E-state index contributed by atoms with van der Waals surface area (Å²) in [6, 6.07) is 7.27. The van der Waals surface area contributed by atoms with Crippen LogP contribution in [0.5, 0.6) is 0 Å². The van der Waals surface area contributed by atoms with Crippen molar-refractivity contribution < 1.29 is 12.8 Å². The van der Waals surface area contributed by atoms with Crippen LogP contribution in [0.2, 0.25) is 5.02 Å². The van der Waals surface area contributed by atoms with Gasteiger partial charge in [0.25, 0.3) is 4.84 Å². The highest BCUT2D eigenvalue weighted by Gasteiger charge is 2.32. The van der Waals surface area contributed by atoms with E-state index in [1.807, 2.05) is 18.2 Å². The fourth-order valence-corrected chi connectivity index (χ4v) is 5.19. The van der Waals surface area contributed by atoms with Crippen molar-refractivity contribution in [2.45, 2.75) is 32.5 Å². The first-order valence-electron chi connectivity index (χ1n) is 8.17. The Balaban J connectivity index is 1.84. The first-order valence-corrected chi connectivity index (χ1v) is 10.8. The van der Waals surface area contributed by atoms with Crippen LogP contribution in [-0.4, -0.2) is 47.2 Å². The summed E-state index contributed by atoms with van der Waals surface area (Å²) >= 11 is 11.5. The lowest BCUT2D eigenvalue weighted by molar-refractivity contribution is 0.153. The lowest BCUT2D eigenvalue weighted by atomic mass is 10.2. The summed E-state index contributed by atoms with van der Waals surface area (Å²) in [6.07, 6.45) is 1.56. The molecular weight excluding hydrogens is 382 g/mol. The third kappa shape index (κ3) is 4.31. The van der Waals surface area contributed by atoms with Crippen molar-refractivity contribution in [3.63, 3.8) is 0 Å². The average molecular weight is 402 g/mol. The smallest absolute Gasteiger partial charge is 0.288 e. The topological polar surface area (TPSA) is 68.3 Å². The van der Waals surface area contributed by atoms with Crippen molar-refractivity contribution in [3.8, 4) is 11.5 Å². The maximum absolute atomic E-state index is 11.8. The molecule has 1 atom stereocenters. The van der Waals surface area contributed by atoms with Crippen molar-refractivity contribution in [2.24, 2.45) is 0 Å². The van der Waals surface area contributed by atoms with Crippen molar-refractivity contribution in [2.75, 3.05) is 18.1 Å². The summed E-state index contributed by atoms with van der Waals surface area (Å²) in [6.45, 7) is 3.24. The monoisotopic (exact) mass is 401 g/mol. The van der Waals surface area contributed by atoms with Gasteiger partial charge in [-0.1, -0.05) is 30.7 Å². The first kappa shape index (κ1) is 18.6. The lowest BCUT2D eigenvalue weighted by Gasteiger charge is -2.26. The predicted octanol–water partition coefficient (Wildman–Crippen LogP) is 3.38. The fourth-order valence-electron chi connectivity index (χ4n) is 3.03. The van der Waals surface area contributed by atoms with E-state index in [-0.39, 0.29) is 22.4 Å². The number of aromatic nitrogens is 2. The Hall–Kier alpha value is -1.22. The van der Waals surface area contributed by atoms with E-state index in [1.54, 1.807) is 10.7 Å². The second kappa shape index (κ2) is 7.57. The third-order valence-electron chi connectivity index (χ3n) is 4.26. The molecule has 3 rings (SSSR count). The molecule has 25 heavy (non-hydrogen) atoms. The van der Waals surface area contributed by atoms with E-state index in [2.05, 4.69) is 16.9 Å². The summed E-state index contributed by atoms with van der Waals surface area (Å²) in [4.78, 5) is 2.36. The Bertz CT molecular complexity index is 907. The van der Waals surface area contributed by atoms with E-state index < -0.39 is 9.84 Å². The Labute approximate surface area is 157 Å². The fraction of sp³-hybridized carbons (Fsp3) is 0.500. The van der Waals surface area contributed by atoms with Gasteiger partial charge in [-0.15, -0.1) is 5.10 Å². The van der Waals surface area contributed by atoms with Gasteiger partial charge >= 0.3 is 0 Å². The molecule has 0 saturated carbocycles. The standard InChI is InChI=1S/C16H20ClN3O3S2/c1-2-8-19(12-7-9-25(21,22)10-12)11-20-16(24)23-15(18-20)13-5-3-4-6-14(13)17/h3-6,12H,2,7-11H2,1H3. The Morgan fingerprint density at radius 1 is 1.44 bits per heavy atom. The summed E-state index contributed by atoms with van der Waals surface area (Å²) < 4.78 is 30.8. The maximum Gasteiger partial charge on any atom is 0.288 e. The number of halogens is 1. The molecule has 9 heteroatoms. The molecule has 1 aliphatic heterocycles. The van der Waals surface area contributed by atoms with Gasteiger partial charge in [-0.3, -0.25) is 4.90 Å². The molecule has 0 amide bonds. The summed E-state index contributed by atoms with van der Waals surface area (Å²) in [7, 11) is -2.94. The lowest BCUT2D eigenvalue weighted by Crippen LogP contribution is -2.38. The molecule has 1 aliphatic rings. The number of nitrogens with zero attached hydrogens (tertiary/aromatic N) is 3. The highest BCUT2D eigenvalue weighted by molar-refractivity contribution is 7.91. The highest BCUT2D eigenvalue weighted by atomic mass is 35.5. The van der Waals surface area contributed by atoms with Gasteiger partial charge in [0.1, 0.15) is 0 Å². The molecule has 1 aromatic carbocycles. The van der Waals surface area contributed by atoms with Crippen molar-refractivity contribution in [3.05, 3.63) is 34.1 Å². The zero-order valence-electron chi connectivity index (χ0n) is 13.9. The number of sulfone groups is 1. The van der Waals surface area contributed by atoms with Crippen LogP contribution in [0.3, 0.4) is 0 Å². The molecule has 1 aromatic heterocycles. The molecule has 1 fully saturated rings. The second-order valence-corrected chi connectivity index (χ2v) is 9.15. The van der Waals surface area contributed by atoms with Gasteiger partial charge in [-0.25, -0.2) is 13.1 Å². The van der Waals surface area contributed by atoms with Gasteiger partial charge in [0.05, 0.1) is 28.8 Å². The van der Waals surface area contributed by atoms with Crippen molar-refractivity contribution in [1.82, 2.24) is 14.7 Å². The summed E-state index contributed by atoms with van der Waals surface area (Å²) in [5, 5.41) is 4.98. The van der Waals surface area contributed by atoms with Gasteiger partial charge in [0, 0.05) is 6.04 Å². The van der Waals surface area contributed by atoms with Crippen molar-refractivity contribution >= 4 is 33.7 Å². The van der Waals surface area contributed by atoms with E-state index in [0.29, 0.717) is 29.6 Å². The zero-order valence-corrected chi connectivity index (χ0v) is 16.3. The minimum absolute atomic E-state index is 0.00712. The predicted molar refractivity (Wildman–Crippen MR) is 99.8 cm³/mol. The third-order valence-corrected chi connectivity index (χ3v) is 6.64. The minimum Gasteiger partial charge on any atom is -0.409 e. The minimum atomic E-state index is -2.94. The van der Waals surface area contributed by atoms with Gasteiger partial charge in [-0.05, 0) is 43.7 Å². The van der Waals surface area contributed by atoms with Crippen LogP contribution in [0.1, 0.15) is 19.8 Å². The van der Waals surface area contributed by atoms with Crippen LogP contribution in [0.4, 0.5) is 0 Å². The Morgan fingerprint density at radius 3 is 2.84 bits per heavy atom. The largest absolute Gasteiger partial charge is 0.409 e. The quantitative estimate of drug-likeness (QED) is 0.691. The number of hydrogen-bond donors (Lipinski definition) is 0. The molecule has 1 saturated heterocycles. The number of hydrogen-bond acceptors (Lipinski definition) is 6. The molecule has 0 radical (unpaired) electrons. The summed E-state index contributed by atoms with van der Waals surface area (Å²) in [5.74, 6) is 0.800. The molecule has 0 aliphatic carbocycles. The van der Waals surface area contributed by atoms with Gasteiger partial charge in [-0.2, -0.15) is 0 Å². The number of benzene rings is 1. The SMILES string of the molecule is CCCN(Cn1nc(-c2ccccc2Cl)oc1=S)C1CCS(=O)(=O)C1. The molecule has 6 nitrogen and oxygen atoms in total. The van der Waals surface area contributed by atoms with E-state index in [4.69, 9.17) is 28.2 Å². The van der Waals surface area contributed by atoms with Crippen LogP contribution in [-0.2, 0) is 16.5 Å². The Morgan fingerprint density at radius 2 is 2.20 bits per heavy atom. The van der Waals surface area contributed by atoms with E-state index >= 15 is 0 Å². The van der Waals surface area contributed by atoms with Crippen LogP contribution in [0, 0.1) is 4.84 Å². The highest BCUT2D eigenvalue weighted by Crippen LogP contribution is 2.26. The molecular formula is C16H20ClN3O3S2. The van der Waals surface area contributed by atoms with Crippen LogP contribution >= 0.6 is 23.8 Å². The Kier molecular flexibility index (Phi) is 5.62. The molecule has 1 unspecified atom stereocenters. The average Bonchev–Trinajstić information content (AvgIpc) is 3.10. The molecule has 2 heterocycles. The van der Waals surface area contributed by atoms with Gasteiger partial charge in [0.2, 0.25) is 5.89 Å². The summed E-state index contributed by atoms with van der Waals surface area (Å²) in [5.41, 5.74) is 0.680. The normalized spacial score (nSPS) is 19.6. The van der Waals surface area contributed by atoms with Crippen molar-refractivity contribution in [1.29, 1.82) is 0 Å². The van der Waals surface area contributed by atoms with Crippen LogP contribution in [0.25, 0.3) is 11.5 Å². The zero-order chi connectivity index (χ0) is 18.0. The second-order valence-electron chi connectivity index (χ2n) is 6.16. The van der Waals surface area contributed by atoms with Crippen LogP contribution in [0.15, 0.2) is 28.7 Å². The van der Waals surface area contributed by atoms with Crippen LogP contribution < -0.4 is 0 Å². The molecule has 136 valence electrons. The van der Waals surface area contributed by atoms with Gasteiger partial charge in [0.15, 0.2) is 9.84 Å². The molecule has 0 N–H and O–H groups in total. The first-order chi connectivity index (χ1) is 11.9. The van der Waals surface area contributed by atoms with Gasteiger partial charge < -0.3 is 4.42 Å². The van der Waals surface area contributed by atoms with E-state index in [0.717, 1.165) is 13.0 Å². The maximum atomic E-state index is 11.8.